The molecule has 0 bridgehead atoms. The molecule has 0 N–H and O–H groups in total. The molecule has 0 amide bonds. The molecule has 0 aromatic heterocycles. The number of hydrogen-bond acceptors (Lipinski definition) is 0. The Kier molecular flexibility index (Phi) is 16.2. The van der Waals surface area contributed by atoms with Gasteiger partial charge >= 0.3 is 0 Å². The lowest BCUT2D eigenvalue weighted by Crippen LogP contribution is -2.04. The summed E-state index contributed by atoms with van der Waals surface area (Å²) < 4.78 is 0. The maximum atomic E-state index is 3.48. The number of rotatable bonds is 4. The number of hydrogen-bond donors (Lipinski definition) is 0. The van der Waals surface area contributed by atoms with Gasteiger partial charge < -0.3 is 0 Å². The molecule has 0 heterocycles. The second kappa shape index (κ2) is 12.9. The second-order valence-corrected chi connectivity index (χ2v) is 6.97. The summed E-state index contributed by atoms with van der Waals surface area (Å²) in [6.45, 7) is 12.5. The lowest BCUT2D eigenvalue weighted by molar-refractivity contribution is 1.23. The summed E-state index contributed by atoms with van der Waals surface area (Å²) in [5, 5.41) is 4.48. The van der Waals surface area contributed by atoms with Crippen molar-refractivity contribution in [1.82, 2.24) is 0 Å². The maximum Gasteiger partial charge on any atom is 0.261 e. The van der Waals surface area contributed by atoms with E-state index in [-0.39, 0.29) is 14.1 Å². The predicted molar refractivity (Wildman–Crippen MR) is 57.7 cm³/mol. The van der Waals surface area contributed by atoms with E-state index in [2.05, 4.69) is 34.3 Å². The third-order valence-electron chi connectivity index (χ3n) is 2.02. The minimum atomic E-state index is -0.171. The van der Waals surface area contributed by atoms with E-state index in [0.717, 1.165) is 6.42 Å². The fourth-order valence-corrected chi connectivity index (χ4v) is 2.60. The Hall–Kier alpha value is 0.272. The van der Waals surface area contributed by atoms with E-state index in [0.29, 0.717) is 0 Å². The summed E-state index contributed by atoms with van der Waals surface area (Å²) in [7, 11) is 0. The van der Waals surface area contributed by atoms with Gasteiger partial charge in [-0.15, -0.1) is 6.58 Å². The van der Waals surface area contributed by atoms with Gasteiger partial charge in [-0.05, 0) is 6.42 Å². The highest BCUT2D eigenvalue weighted by molar-refractivity contribution is 6.58. The van der Waals surface area contributed by atoms with Crippen molar-refractivity contribution in [2.75, 3.05) is 0 Å². The first-order valence-corrected chi connectivity index (χ1v) is 7.32. The van der Waals surface area contributed by atoms with Gasteiger partial charge in [-0.2, -0.15) is 0 Å². The van der Waals surface area contributed by atoms with Crippen LogP contribution < -0.4 is 0 Å². The van der Waals surface area contributed by atoms with Crippen molar-refractivity contribution >= 4 is 14.1 Å². The molecule has 0 aromatic rings. The van der Waals surface area contributed by atoms with Crippen molar-refractivity contribution in [3.8, 4) is 0 Å². The van der Waals surface area contributed by atoms with Crippen LogP contribution in [0, 0.1) is 0 Å². The third-order valence-corrected chi connectivity index (χ3v) is 5.48. The smallest absolute Gasteiger partial charge is 0.103 e. The molecule has 0 unspecified atom stereocenters. The molecule has 0 saturated heterocycles. The van der Waals surface area contributed by atoms with Crippen LogP contribution in [0.1, 0.15) is 34.1 Å². The van der Waals surface area contributed by atoms with E-state index in [9.17, 15) is 0 Å². The summed E-state index contributed by atoms with van der Waals surface area (Å²) in [4.78, 5) is 0. The van der Waals surface area contributed by atoms with Crippen molar-refractivity contribution in [2.45, 2.75) is 50.0 Å². The highest BCUT2D eigenvalue weighted by atomic mass is 27.2. The van der Waals surface area contributed by atoms with Crippen LogP contribution in [0.5, 0.6) is 0 Å². The lowest BCUT2D eigenvalue weighted by Gasteiger charge is -1.97. The van der Waals surface area contributed by atoms with Gasteiger partial charge in [0.05, 0.1) is 0 Å². The summed E-state index contributed by atoms with van der Waals surface area (Å²) in [5.41, 5.74) is 0. The maximum absolute atomic E-state index is 3.48. The minimum absolute atomic E-state index is 0.171. The molecule has 66 valence electrons. The van der Waals surface area contributed by atoms with Gasteiger partial charge in [0.15, 0.2) is 0 Å². The van der Waals surface area contributed by atoms with Crippen molar-refractivity contribution < 1.29 is 0 Å². The molecule has 0 aliphatic heterocycles. The zero-order valence-electron chi connectivity index (χ0n) is 8.69. The summed E-state index contributed by atoms with van der Waals surface area (Å²) >= 11 is -0.171. The van der Waals surface area contributed by atoms with Crippen LogP contribution >= 0.6 is 0 Å². The zero-order chi connectivity index (χ0) is 9.11. The van der Waals surface area contributed by atoms with Crippen molar-refractivity contribution in [2.24, 2.45) is 0 Å². The van der Waals surface area contributed by atoms with E-state index >= 15 is 0 Å². The molecule has 0 nitrogen and oxygen atoms in total. The highest BCUT2D eigenvalue weighted by Gasteiger charge is 2.05. The first-order chi connectivity index (χ1) is 5.26. The lowest BCUT2D eigenvalue weighted by atomic mass is 10.5. The van der Waals surface area contributed by atoms with Crippen LogP contribution in [0.25, 0.3) is 0 Å². The molecule has 0 fully saturated rings. The largest absolute Gasteiger partial charge is 0.261 e. The molecule has 0 atom stereocenters. The molecular formula is C10H23Al. The molecule has 0 spiro atoms. The first-order valence-electron chi connectivity index (χ1n) is 4.87. The van der Waals surface area contributed by atoms with Gasteiger partial charge in [-0.1, -0.05) is 49.6 Å². The second-order valence-electron chi connectivity index (χ2n) is 2.79. The number of allylic oxidation sites excluding steroid dienone is 1. The summed E-state index contributed by atoms with van der Waals surface area (Å²) in [5.74, 6) is 0. The van der Waals surface area contributed by atoms with E-state index in [1.165, 1.54) is 15.8 Å². The fraction of sp³-hybridized carbons (Fsp3) is 0.800. The molecule has 11 heavy (non-hydrogen) atoms. The van der Waals surface area contributed by atoms with Crippen molar-refractivity contribution in [3.63, 3.8) is 0 Å². The predicted octanol–water partition coefficient (Wildman–Crippen LogP) is 4.12. The molecular weight excluding hydrogens is 147 g/mol. The van der Waals surface area contributed by atoms with Gasteiger partial charge in [-0.25, -0.2) is 0 Å². The van der Waals surface area contributed by atoms with Crippen LogP contribution in [0.4, 0.5) is 0 Å². The molecule has 0 aromatic carbocycles. The molecule has 0 aliphatic rings. The van der Waals surface area contributed by atoms with E-state index in [4.69, 9.17) is 0 Å². The standard InChI is InChI=1S/C4H8.3C2H5.Al/c1-3-4-2;3*1-2;/h3H,1,4H2,2H3;3*1H2,2H3;. The quantitative estimate of drug-likeness (QED) is 0.439. The zero-order valence-corrected chi connectivity index (χ0v) is 9.84. The average molecular weight is 170 g/mol. The Labute approximate surface area is 77.1 Å². The van der Waals surface area contributed by atoms with E-state index in [1.54, 1.807) is 0 Å². The fourth-order valence-electron chi connectivity index (χ4n) is 0.866. The van der Waals surface area contributed by atoms with Crippen LogP contribution in [-0.4, -0.2) is 14.1 Å². The Bertz CT molecular complexity index is 59.8. The van der Waals surface area contributed by atoms with E-state index < -0.39 is 0 Å². The van der Waals surface area contributed by atoms with Crippen molar-refractivity contribution in [3.05, 3.63) is 12.7 Å². The topological polar surface area (TPSA) is 0 Å². The van der Waals surface area contributed by atoms with E-state index in [1.807, 2.05) is 6.08 Å². The molecule has 0 rings (SSSR count). The molecule has 1 heteroatoms. The highest BCUT2D eigenvalue weighted by Crippen LogP contribution is 2.01. The van der Waals surface area contributed by atoms with Crippen molar-refractivity contribution in [1.29, 1.82) is 0 Å². The Morgan fingerprint density at radius 2 is 1.27 bits per heavy atom. The molecule has 0 saturated carbocycles. The Balaban J connectivity index is 0. The monoisotopic (exact) mass is 170 g/mol. The van der Waals surface area contributed by atoms with Crippen LogP contribution in [0.15, 0.2) is 12.7 Å². The molecule has 0 aliphatic carbocycles. The van der Waals surface area contributed by atoms with Gasteiger partial charge in [0.1, 0.15) is 0 Å². The van der Waals surface area contributed by atoms with Gasteiger partial charge in [0.25, 0.3) is 14.1 Å². The first kappa shape index (κ1) is 13.8. The normalized spacial score (nSPS) is 8.00. The SMILES string of the molecule is C=CCC.C[CH2][Al]([CH2]C)[CH2]C. The van der Waals surface area contributed by atoms with Gasteiger partial charge in [0.2, 0.25) is 0 Å². The summed E-state index contributed by atoms with van der Waals surface area (Å²) in [6, 6.07) is 0. The van der Waals surface area contributed by atoms with Crippen LogP contribution in [-0.2, 0) is 0 Å². The minimum Gasteiger partial charge on any atom is -0.103 e. The molecule has 0 radical (unpaired) electrons. The van der Waals surface area contributed by atoms with Crippen LogP contribution in [0.3, 0.4) is 0 Å². The average Bonchev–Trinajstić information content (AvgIpc) is 2.08. The Morgan fingerprint density at radius 3 is 1.27 bits per heavy atom. The van der Waals surface area contributed by atoms with Crippen LogP contribution in [0.2, 0.25) is 15.8 Å². The summed E-state index contributed by atoms with van der Waals surface area (Å²) in [6.07, 6.45) is 2.96. The van der Waals surface area contributed by atoms with Gasteiger partial charge in [-0.3, -0.25) is 0 Å². The third kappa shape index (κ3) is 13.3. The van der Waals surface area contributed by atoms with Gasteiger partial charge in [0, 0.05) is 0 Å². The Morgan fingerprint density at radius 1 is 1.00 bits per heavy atom.